The molecule has 4 nitrogen and oxygen atoms in total. The van der Waals surface area contributed by atoms with Gasteiger partial charge < -0.3 is 10.1 Å². The summed E-state index contributed by atoms with van der Waals surface area (Å²) in [6, 6.07) is 18.1. The summed E-state index contributed by atoms with van der Waals surface area (Å²) in [5.41, 5.74) is 5.03. The van der Waals surface area contributed by atoms with Crippen molar-refractivity contribution in [3.05, 3.63) is 65.4 Å². The number of methoxy groups -OCH3 is 1. The molecule has 0 spiro atoms. The fourth-order valence-electron chi connectivity index (χ4n) is 3.40. The number of nitrogens with one attached hydrogen (secondary N) is 1. The highest BCUT2D eigenvalue weighted by molar-refractivity contribution is 5.83. The molecule has 0 saturated heterocycles. The number of aromatic nitrogens is 2. The average Bonchev–Trinajstić information content (AvgIpc) is 3.45. The summed E-state index contributed by atoms with van der Waals surface area (Å²) < 4.78 is 7.38. The standard InChI is InChI=1S/C22H27N3O/c1-26-13-5-12-25-22-15-18(16-23-19-9-10-19)8-11-20(22)21(24-25)14-17-6-3-2-4-7-17/h2-4,6-8,11,15,19,23H,5,9-10,12-14,16H2,1H3. The fraction of sp³-hybridized carbons (Fsp3) is 0.409. The number of aryl methyl sites for hydroxylation is 1. The molecule has 0 atom stereocenters. The molecular formula is C22H27N3O. The molecule has 0 amide bonds. The molecule has 0 unspecified atom stereocenters. The maximum absolute atomic E-state index is 5.22. The Hall–Kier alpha value is -2.17. The van der Waals surface area contributed by atoms with Crippen LogP contribution in [0.5, 0.6) is 0 Å². The summed E-state index contributed by atoms with van der Waals surface area (Å²) in [5, 5.41) is 9.82. The van der Waals surface area contributed by atoms with Gasteiger partial charge >= 0.3 is 0 Å². The Labute approximate surface area is 155 Å². The van der Waals surface area contributed by atoms with Gasteiger partial charge in [-0.05, 0) is 36.5 Å². The predicted molar refractivity (Wildman–Crippen MR) is 105 cm³/mol. The van der Waals surface area contributed by atoms with E-state index in [-0.39, 0.29) is 0 Å². The molecule has 0 radical (unpaired) electrons. The molecule has 0 aliphatic heterocycles. The van der Waals surface area contributed by atoms with Crippen LogP contribution < -0.4 is 5.32 Å². The second-order valence-electron chi connectivity index (χ2n) is 7.19. The van der Waals surface area contributed by atoms with Gasteiger partial charge in [0.25, 0.3) is 0 Å². The topological polar surface area (TPSA) is 39.1 Å². The van der Waals surface area contributed by atoms with Crippen LogP contribution >= 0.6 is 0 Å². The SMILES string of the molecule is COCCCn1nc(Cc2ccccc2)c2ccc(CNC3CC3)cc21. The smallest absolute Gasteiger partial charge is 0.0747 e. The molecular weight excluding hydrogens is 322 g/mol. The minimum atomic E-state index is 0.728. The molecule has 1 N–H and O–H groups in total. The van der Waals surface area contributed by atoms with E-state index < -0.39 is 0 Å². The quantitative estimate of drug-likeness (QED) is 0.595. The first-order valence-electron chi connectivity index (χ1n) is 9.58. The van der Waals surface area contributed by atoms with E-state index in [1.54, 1.807) is 7.11 Å². The lowest BCUT2D eigenvalue weighted by Crippen LogP contribution is -2.15. The molecule has 0 bridgehead atoms. The van der Waals surface area contributed by atoms with Crippen molar-refractivity contribution in [2.24, 2.45) is 0 Å². The molecule has 4 rings (SSSR count). The number of fused-ring (bicyclic) bond motifs is 1. The van der Waals surface area contributed by atoms with Crippen molar-refractivity contribution in [3.8, 4) is 0 Å². The van der Waals surface area contributed by atoms with Crippen molar-refractivity contribution in [1.82, 2.24) is 15.1 Å². The van der Waals surface area contributed by atoms with Crippen LogP contribution in [0.15, 0.2) is 48.5 Å². The average molecular weight is 349 g/mol. The van der Waals surface area contributed by atoms with Gasteiger partial charge in [0.2, 0.25) is 0 Å². The minimum absolute atomic E-state index is 0.728. The van der Waals surface area contributed by atoms with E-state index in [1.807, 2.05) is 0 Å². The maximum atomic E-state index is 5.22. The molecule has 1 aromatic heterocycles. The van der Waals surface area contributed by atoms with Crippen molar-refractivity contribution >= 4 is 10.9 Å². The van der Waals surface area contributed by atoms with Crippen LogP contribution in [0.25, 0.3) is 10.9 Å². The van der Waals surface area contributed by atoms with Crippen LogP contribution in [0.1, 0.15) is 36.1 Å². The van der Waals surface area contributed by atoms with E-state index in [9.17, 15) is 0 Å². The first-order valence-corrected chi connectivity index (χ1v) is 9.58. The van der Waals surface area contributed by atoms with Crippen molar-refractivity contribution < 1.29 is 4.74 Å². The van der Waals surface area contributed by atoms with Gasteiger partial charge in [-0.15, -0.1) is 0 Å². The van der Waals surface area contributed by atoms with Gasteiger partial charge in [-0.25, -0.2) is 0 Å². The third-order valence-electron chi connectivity index (χ3n) is 5.00. The Balaban J connectivity index is 1.62. The van der Waals surface area contributed by atoms with Crippen molar-refractivity contribution in [1.29, 1.82) is 0 Å². The van der Waals surface area contributed by atoms with Crippen LogP contribution in [-0.2, 0) is 24.2 Å². The van der Waals surface area contributed by atoms with Crippen LogP contribution in [0.3, 0.4) is 0 Å². The van der Waals surface area contributed by atoms with Crippen molar-refractivity contribution in [2.75, 3.05) is 13.7 Å². The van der Waals surface area contributed by atoms with Gasteiger partial charge in [-0.2, -0.15) is 5.10 Å². The zero-order chi connectivity index (χ0) is 17.8. The summed E-state index contributed by atoms with van der Waals surface area (Å²) in [6.45, 7) is 2.59. The normalized spacial score (nSPS) is 14.2. The Morgan fingerprint density at radius 1 is 1.12 bits per heavy atom. The van der Waals surface area contributed by atoms with Crippen LogP contribution in [0.2, 0.25) is 0 Å². The van der Waals surface area contributed by atoms with Crippen LogP contribution in [-0.4, -0.2) is 29.5 Å². The Bertz CT molecular complexity index is 852. The first kappa shape index (κ1) is 17.3. The highest BCUT2D eigenvalue weighted by Gasteiger charge is 2.20. The van der Waals surface area contributed by atoms with Gasteiger partial charge in [-0.3, -0.25) is 4.68 Å². The molecule has 1 heterocycles. The number of hydrogen-bond donors (Lipinski definition) is 1. The third-order valence-corrected chi connectivity index (χ3v) is 5.00. The van der Waals surface area contributed by atoms with E-state index in [4.69, 9.17) is 9.84 Å². The molecule has 1 aliphatic rings. The Morgan fingerprint density at radius 2 is 1.96 bits per heavy atom. The summed E-state index contributed by atoms with van der Waals surface area (Å²) >= 11 is 0. The van der Waals surface area contributed by atoms with Crippen molar-refractivity contribution in [2.45, 2.75) is 44.8 Å². The van der Waals surface area contributed by atoms with Crippen LogP contribution in [0, 0.1) is 0 Å². The lowest BCUT2D eigenvalue weighted by Gasteiger charge is -2.06. The number of ether oxygens (including phenoxy) is 1. The third kappa shape index (κ3) is 4.14. The molecule has 4 heteroatoms. The highest BCUT2D eigenvalue weighted by Crippen LogP contribution is 2.24. The van der Waals surface area contributed by atoms with Gasteiger partial charge in [0.1, 0.15) is 0 Å². The lowest BCUT2D eigenvalue weighted by atomic mass is 10.1. The summed E-state index contributed by atoms with van der Waals surface area (Å²) in [6.07, 6.45) is 4.48. The molecule has 26 heavy (non-hydrogen) atoms. The van der Waals surface area contributed by atoms with E-state index in [2.05, 4.69) is 58.5 Å². The lowest BCUT2D eigenvalue weighted by molar-refractivity contribution is 0.189. The number of rotatable bonds is 9. The number of hydrogen-bond acceptors (Lipinski definition) is 3. The first-order chi connectivity index (χ1) is 12.8. The second-order valence-corrected chi connectivity index (χ2v) is 7.19. The summed E-state index contributed by atoms with van der Waals surface area (Å²) in [7, 11) is 1.75. The largest absolute Gasteiger partial charge is 0.385 e. The molecule has 136 valence electrons. The molecule has 1 fully saturated rings. The van der Waals surface area contributed by atoms with E-state index in [0.717, 1.165) is 44.3 Å². The fourth-order valence-corrected chi connectivity index (χ4v) is 3.40. The zero-order valence-electron chi connectivity index (χ0n) is 15.4. The number of nitrogens with zero attached hydrogens (tertiary/aromatic N) is 2. The Kier molecular flexibility index (Phi) is 5.32. The molecule has 2 aromatic carbocycles. The zero-order valence-corrected chi connectivity index (χ0v) is 15.4. The van der Waals surface area contributed by atoms with Crippen molar-refractivity contribution in [3.63, 3.8) is 0 Å². The predicted octanol–water partition coefficient (Wildman–Crippen LogP) is 3.92. The van der Waals surface area contributed by atoms with E-state index in [0.29, 0.717) is 0 Å². The molecule has 1 saturated carbocycles. The van der Waals surface area contributed by atoms with Gasteiger partial charge in [0.15, 0.2) is 0 Å². The summed E-state index contributed by atoms with van der Waals surface area (Å²) in [4.78, 5) is 0. The van der Waals surface area contributed by atoms with Gasteiger partial charge in [-0.1, -0.05) is 42.5 Å². The van der Waals surface area contributed by atoms with E-state index >= 15 is 0 Å². The maximum Gasteiger partial charge on any atom is 0.0747 e. The van der Waals surface area contributed by atoms with Gasteiger partial charge in [0.05, 0.1) is 11.2 Å². The molecule has 3 aromatic rings. The second kappa shape index (κ2) is 8.02. The van der Waals surface area contributed by atoms with Crippen LogP contribution in [0.4, 0.5) is 0 Å². The highest BCUT2D eigenvalue weighted by atomic mass is 16.5. The number of benzene rings is 2. The van der Waals surface area contributed by atoms with Gasteiger partial charge in [0, 0.05) is 44.7 Å². The minimum Gasteiger partial charge on any atom is -0.385 e. The van der Waals surface area contributed by atoms with E-state index in [1.165, 1.54) is 34.9 Å². The Morgan fingerprint density at radius 3 is 2.73 bits per heavy atom. The monoisotopic (exact) mass is 349 g/mol. The molecule has 1 aliphatic carbocycles. The summed E-state index contributed by atoms with van der Waals surface area (Å²) in [5.74, 6) is 0.